The number of ether oxygens (including phenoxy) is 1. The smallest absolute Gasteiger partial charge is 0.251 e. The molecule has 1 aromatic heterocycles. The summed E-state index contributed by atoms with van der Waals surface area (Å²) in [5.74, 6) is 1.39. The van der Waals surface area contributed by atoms with Crippen molar-refractivity contribution in [2.75, 3.05) is 38.6 Å². The molecule has 0 aliphatic heterocycles. The molecule has 2 aromatic carbocycles. The van der Waals surface area contributed by atoms with Gasteiger partial charge >= 0.3 is 0 Å². The van der Waals surface area contributed by atoms with E-state index in [1.165, 1.54) is 6.33 Å². The Bertz CT molecular complexity index is 955. The summed E-state index contributed by atoms with van der Waals surface area (Å²) in [5.41, 5.74) is 2.28. The molecule has 3 rings (SSSR count). The molecule has 0 bridgehead atoms. The van der Waals surface area contributed by atoms with Gasteiger partial charge in [0.1, 0.15) is 17.9 Å². The summed E-state index contributed by atoms with van der Waals surface area (Å²) in [6.07, 6.45) is 1.52. The van der Waals surface area contributed by atoms with Crippen molar-refractivity contribution in [3.63, 3.8) is 0 Å². The number of nitrogens with one attached hydrogen (secondary N) is 2. The van der Waals surface area contributed by atoms with E-state index in [0.29, 0.717) is 17.9 Å². The van der Waals surface area contributed by atoms with E-state index in [9.17, 15) is 4.79 Å². The first-order valence-electron chi connectivity index (χ1n) is 9.81. The predicted octanol–water partition coefficient (Wildman–Crippen LogP) is 3.45. The lowest BCUT2D eigenvalue weighted by Gasteiger charge is -2.18. The molecule has 0 fully saturated rings. The second kappa shape index (κ2) is 9.84. The maximum Gasteiger partial charge on any atom is 0.251 e. The van der Waals surface area contributed by atoms with Gasteiger partial charge < -0.3 is 20.3 Å². The molecule has 1 amide bonds. The number of fused-ring (bicyclic) bond motifs is 1. The van der Waals surface area contributed by atoms with Gasteiger partial charge in [-0.15, -0.1) is 0 Å². The van der Waals surface area contributed by atoms with Crippen molar-refractivity contribution in [1.82, 2.24) is 20.2 Å². The summed E-state index contributed by atoms with van der Waals surface area (Å²) < 4.78 is 5.25. The number of carbonyl (C=O) groups excluding carboxylic acids is 1. The van der Waals surface area contributed by atoms with Crippen LogP contribution >= 0.6 is 0 Å². The molecule has 0 aliphatic rings. The number of methoxy groups -OCH3 is 1. The zero-order valence-electron chi connectivity index (χ0n) is 17.1. The maximum atomic E-state index is 12.3. The van der Waals surface area contributed by atoms with Crippen LogP contribution in [0, 0.1) is 0 Å². The first-order valence-corrected chi connectivity index (χ1v) is 9.81. The highest BCUT2D eigenvalue weighted by Gasteiger charge is 2.08. The van der Waals surface area contributed by atoms with Crippen LogP contribution in [0.3, 0.4) is 0 Å². The summed E-state index contributed by atoms with van der Waals surface area (Å²) >= 11 is 0. The largest absolute Gasteiger partial charge is 0.497 e. The molecule has 3 aromatic rings. The molecule has 0 saturated heterocycles. The van der Waals surface area contributed by atoms with Gasteiger partial charge in [0.25, 0.3) is 5.91 Å². The molecule has 7 heteroatoms. The van der Waals surface area contributed by atoms with Gasteiger partial charge in [0.15, 0.2) is 0 Å². The number of amides is 1. The molecule has 0 aliphatic carbocycles. The van der Waals surface area contributed by atoms with Gasteiger partial charge in [0.05, 0.1) is 12.6 Å². The Kier molecular flexibility index (Phi) is 6.97. The Morgan fingerprint density at radius 2 is 1.83 bits per heavy atom. The van der Waals surface area contributed by atoms with Crippen LogP contribution in [0.25, 0.3) is 10.9 Å². The molecule has 152 valence electrons. The average molecular weight is 393 g/mol. The first-order chi connectivity index (χ1) is 14.1. The van der Waals surface area contributed by atoms with E-state index in [1.54, 1.807) is 7.11 Å². The molecular weight excluding hydrogens is 366 g/mol. The first kappa shape index (κ1) is 20.5. The number of nitrogens with zero attached hydrogens (tertiary/aromatic N) is 3. The highest BCUT2D eigenvalue weighted by atomic mass is 16.5. The minimum Gasteiger partial charge on any atom is -0.497 e. The number of likely N-dealkylation sites (N-methyl/N-ethyl adjacent to an activating group) is 1. The number of carbonyl (C=O) groups is 1. The number of benzene rings is 2. The van der Waals surface area contributed by atoms with Gasteiger partial charge in [-0.25, -0.2) is 9.97 Å². The molecule has 1 heterocycles. The van der Waals surface area contributed by atoms with Gasteiger partial charge in [0, 0.05) is 35.8 Å². The topological polar surface area (TPSA) is 79.4 Å². The van der Waals surface area contributed by atoms with Crippen molar-refractivity contribution in [1.29, 1.82) is 0 Å². The maximum absolute atomic E-state index is 12.3. The second-order valence-electron chi connectivity index (χ2n) is 6.59. The number of anilines is 2. The van der Waals surface area contributed by atoms with Crippen LogP contribution in [0.2, 0.25) is 0 Å². The van der Waals surface area contributed by atoms with Crippen molar-refractivity contribution >= 4 is 28.3 Å². The lowest BCUT2D eigenvalue weighted by atomic mass is 10.2. The number of aromatic nitrogens is 2. The molecule has 7 nitrogen and oxygen atoms in total. The Morgan fingerprint density at radius 3 is 2.52 bits per heavy atom. The summed E-state index contributed by atoms with van der Waals surface area (Å²) in [6.45, 7) is 7.69. The van der Waals surface area contributed by atoms with Crippen LogP contribution in [0.4, 0.5) is 11.5 Å². The monoisotopic (exact) mass is 393 g/mol. The van der Waals surface area contributed by atoms with Gasteiger partial charge in [-0.2, -0.15) is 0 Å². The number of hydrogen-bond acceptors (Lipinski definition) is 6. The zero-order valence-corrected chi connectivity index (χ0v) is 17.1. The van der Waals surface area contributed by atoms with Crippen LogP contribution < -0.4 is 15.4 Å². The fraction of sp³-hybridized carbons (Fsp3) is 0.318. The van der Waals surface area contributed by atoms with Crippen molar-refractivity contribution < 1.29 is 9.53 Å². The van der Waals surface area contributed by atoms with E-state index >= 15 is 0 Å². The second-order valence-corrected chi connectivity index (χ2v) is 6.59. The van der Waals surface area contributed by atoms with Crippen molar-refractivity contribution in [3.8, 4) is 5.75 Å². The molecular formula is C22H27N5O2. The Hall–Kier alpha value is -3.19. The lowest BCUT2D eigenvalue weighted by Crippen LogP contribution is -2.34. The normalized spacial score (nSPS) is 10.9. The highest BCUT2D eigenvalue weighted by Crippen LogP contribution is 2.26. The van der Waals surface area contributed by atoms with E-state index in [0.717, 1.165) is 42.0 Å². The zero-order chi connectivity index (χ0) is 20.6. The van der Waals surface area contributed by atoms with Gasteiger partial charge in [0.2, 0.25) is 0 Å². The van der Waals surface area contributed by atoms with Crippen LogP contribution in [-0.4, -0.2) is 54.1 Å². The van der Waals surface area contributed by atoms with Crippen LogP contribution in [0.15, 0.2) is 48.8 Å². The predicted molar refractivity (Wildman–Crippen MR) is 116 cm³/mol. The summed E-state index contributed by atoms with van der Waals surface area (Å²) in [6, 6.07) is 13.0. The Morgan fingerprint density at radius 1 is 1.07 bits per heavy atom. The fourth-order valence-electron chi connectivity index (χ4n) is 3.07. The molecule has 0 atom stereocenters. The number of hydrogen-bond donors (Lipinski definition) is 2. The summed E-state index contributed by atoms with van der Waals surface area (Å²) in [5, 5.41) is 7.16. The minimum atomic E-state index is -0.0664. The van der Waals surface area contributed by atoms with Gasteiger partial charge in [-0.05, 0) is 49.5 Å². The Labute approximate surface area is 171 Å². The van der Waals surface area contributed by atoms with E-state index in [-0.39, 0.29) is 5.91 Å². The summed E-state index contributed by atoms with van der Waals surface area (Å²) in [7, 11) is 1.63. The number of rotatable bonds is 9. The van der Waals surface area contributed by atoms with Crippen LogP contribution in [0.1, 0.15) is 24.2 Å². The fourth-order valence-corrected chi connectivity index (χ4v) is 3.07. The molecule has 0 spiro atoms. The van der Waals surface area contributed by atoms with Crippen LogP contribution in [-0.2, 0) is 0 Å². The van der Waals surface area contributed by atoms with Crippen molar-refractivity contribution in [3.05, 3.63) is 54.4 Å². The third-order valence-electron chi connectivity index (χ3n) is 4.86. The van der Waals surface area contributed by atoms with Crippen LogP contribution in [0.5, 0.6) is 5.75 Å². The molecule has 0 saturated carbocycles. The molecule has 0 radical (unpaired) electrons. The van der Waals surface area contributed by atoms with E-state index < -0.39 is 0 Å². The van der Waals surface area contributed by atoms with E-state index in [1.807, 2.05) is 42.5 Å². The molecule has 2 N–H and O–H groups in total. The highest BCUT2D eigenvalue weighted by molar-refractivity contribution is 5.95. The van der Waals surface area contributed by atoms with Crippen molar-refractivity contribution in [2.45, 2.75) is 13.8 Å². The van der Waals surface area contributed by atoms with Gasteiger partial charge in [-0.1, -0.05) is 13.8 Å². The Balaban J connectivity index is 1.65. The third kappa shape index (κ3) is 5.20. The quantitative estimate of drug-likeness (QED) is 0.580. The molecule has 29 heavy (non-hydrogen) atoms. The minimum absolute atomic E-state index is 0.0664. The van der Waals surface area contributed by atoms with E-state index in [4.69, 9.17) is 4.74 Å². The lowest BCUT2D eigenvalue weighted by molar-refractivity contribution is 0.0949. The third-order valence-corrected chi connectivity index (χ3v) is 4.86. The average Bonchev–Trinajstić information content (AvgIpc) is 2.77. The van der Waals surface area contributed by atoms with Gasteiger partial charge in [-0.3, -0.25) is 4.79 Å². The van der Waals surface area contributed by atoms with E-state index in [2.05, 4.69) is 39.3 Å². The van der Waals surface area contributed by atoms with Crippen molar-refractivity contribution in [2.24, 2.45) is 0 Å². The standard InChI is InChI=1S/C22H27N5O2/c1-4-27(5-2)13-12-23-22(28)16-6-8-17(9-7-16)26-21-19-11-10-18(29-3)14-20(19)24-15-25-21/h6-11,14-15H,4-5,12-13H2,1-3H3,(H,23,28)(H,24,25,26). The molecule has 0 unspecified atom stereocenters. The SMILES string of the molecule is CCN(CC)CCNC(=O)c1ccc(Nc2ncnc3cc(OC)ccc23)cc1. The summed E-state index contributed by atoms with van der Waals surface area (Å²) in [4.78, 5) is 23.2.